The number of nitrogens with one attached hydrogen (secondary N) is 1. The molecule has 1 aromatic carbocycles. The molecule has 2 aromatic rings. The molecule has 5 heteroatoms. The van der Waals surface area contributed by atoms with Gasteiger partial charge in [-0.2, -0.15) is 0 Å². The summed E-state index contributed by atoms with van der Waals surface area (Å²) in [5.41, 5.74) is 2.26. The van der Waals surface area contributed by atoms with Crippen molar-refractivity contribution in [2.45, 2.75) is 32.9 Å². The molecule has 2 rings (SSSR count). The normalized spacial score (nSPS) is 12.0. The van der Waals surface area contributed by atoms with Crippen molar-refractivity contribution >= 4 is 28.3 Å². The number of aliphatic hydroxyl groups excluding tert-OH is 1. The number of aryl methyl sites for hydroxylation is 1. The summed E-state index contributed by atoms with van der Waals surface area (Å²) in [4.78, 5) is 0. The maximum Gasteiger partial charge on any atom is 0.134 e. The van der Waals surface area contributed by atoms with Gasteiger partial charge in [-0.15, -0.1) is 12.4 Å². The van der Waals surface area contributed by atoms with E-state index < -0.39 is 0 Å². The Hall–Kier alpha value is -0.810. The van der Waals surface area contributed by atoms with Crippen LogP contribution in [0.25, 0.3) is 11.3 Å². The fraction of sp³-hybridized carbons (Fsp3) is 0.375. The highest BCUT2D eigenvalue weighted by atomic mass is 79.9. The van der Waals surface area contributed by atoms with E-state index in [2.05, 4.69) is 34.2 Å². The molecular formula is C16H21BrClNO2. The largest absolute Gasteiger partial charge is 0.460 e. The van der Waals surface area contributed by atoms with E-state index in [9.17, 15) is 0 Å². The van der Waals surface area contributed by atoms with E-state index in [1.807, 2.05) is 31.2 Å². The van der Waals surface area contributed by atoms with Crippen LogP contribution in [0.5, 0.6) is 0 Å². The number of rotatable bonds is 6. The van der Waals surface area contributed by atoms with Crippen LogP contribution in [0.1, 0.15) is 24.7 Å². The topological polar surface area (TPSA) is 45.4 Å². The second-order valence-corrected chi connectivity index (χ2v) is 5.75. The van der Waals surface area contributed by atoms with Gasteiger partial charge >= 0.3 is 0 Å². The quantitative estimate of drug-likeness (QED) is 0.792. The zero-order valence-electron chi connectivity index (χ0n) is 12.2. The van der Waals surface area contributed by atoms with Gasteiger partial charge in [-0.1, -0.05) is 28.9 Å². The first-order chi connectivity index (χ1) is 9.63. The van der Waals surface area contributed by atoms with Crippen LogP contribution in [0.15, 0.2) is 39.2 Å². The summed E-state index contributed by atoms with van der Waals surface area (Å²) in [6, 6.07) is 10.3. The average molecular weight is 375 g/mol. The minimum absolute atomic E-state index is 0. The molecule has 0 aliphatic heterocycles. The van der Waals surface area contributed by atoms with Crippen LogP contribution < -0.4 is 5.32 Å². The number of hydrogen-bond donors (Lipinski definition) is 2. The second kappa shape index (κ2) is 8.59. The summed E-state index contributed by atoms with van der Waals surface area (Å²) >= 11 is 3.50. The predicted molar refractivity (Wildman–Crippen MR) is 91.8 cm³/mol. The van der Waals surface area contributed by atoms with Crippen molar-refractivity contribution in [2.75, 3.05) is 6.61 Å². The van der Waals surface area contributed by atoms with Crippen LogP contribution in [0.3, 0.4) is 0 Å². The Kier molecular flexibility index (Phi) is 7.46. The van der Waals surface area contributed by atoms with E-state index in [1.54, 1.807) is 0 Å². The van der Waals surface area contributed by atoms with E-state index in [-0.39, 0.29) is 25.1 Å². The molecule has 0 fully saturated rings. The zero-order chi connectivity index (χ0) is 14.5. The molecule has 116 valence electrons. The monoisotopic (exact) mass is 373 g/mol. The molecule has 21 heavy (non-hydrogen) atoms. The van der Waals surface area contributed by atoms with E-state index in [0.717, 1.165) is 28.0 Å². The van der Waals surface area contributed by atoms with Gasteiger partial charge in [-0.05, 0) is 43.2 Å². The molecule has 0 radical (unpaired) electrons. The maximum atomic E-state index is 9.15. The second-order valence-electron chi connectivity index (χ2n) is 4.90. The molecule has 0 amide bonds. The molecule has 1 atom stereocenters. The van der Waals surface area contributed by atoms with Crippen LogP contribution in [-0.2, 0) is 6.54 Å². The van der Waals surface area contributed by atoms with Gasteiger partial charge in [0, 0.05) is 16.1 Å². The third-order valence-corrected chi connectivity index (χ3v) is 4.27. The van der Waals surface area contributed by atoms with E-state index in [1.165, 1.54) is 5.56 Å². The van der Waals surface area contributed by atoms with E-state index >= 15 is 0 Å². The predicted octanol–water partition coefficient (Wildman–Crippen LogP) is 4.30. The number of halogens is 2. The first kappa shape index (κ1) is 18.2. The van der Waals surface area contributed by atoms with Gasteiger partial charge in [-0.3, -0.25) is 0 Å². The summed E-state index contributed by atoms with van der Waals surface area (Å²) in [6.45, 7) is 4.89. The van der Waals surface area contributed by atoms with Crippen molar-refractivity contribution in [3.63, 3.8) is 0 Å². The lowest BCUT2D eigenvalue weighted by molar-refractivity contribution is 0.235. The fourth-order valence-electron chi connectivity index (χ4n) is 2.01. The molecule has 2 N–H and O–H groups in total. The Labute approximate surface area is 140 Å². The highest BCUT2D eigenvalue weighted by Crippen LogP contribution is 2.26. The maximum absolute atomic E-state index is 9.15. The summed E-state index contributed by atoms with van der Waals surface area (Å²) in [5, 5.41) is 12.4. The highest BCUT2D eigenvalue weighted by molar-refractivity contribution is 9.10. The fourth-order valence-corrected chi connectivity index (χ4v) is 2.26. The van der Waals surface area contributed by atoms with Crippen LogP contribution in [0.2, 0.25) is 0 Å². The standard InChI is InChI=1S/C16H20BrNO2.ClH/c1-3-13(10-19)18-9-14-5-7-16(20-14)12-4-6-15(17)11(2)8-12;/h4-8,13,18-19H,3,9-10H2,1-2H3;1H. The SMILES string of the molecule is CCC(CO)NCc1ccc(-c2ccc(Br)c(C)c2)o1.Cl. The lowest BCUT2D eigenvalue weighted by Gasteiger charge is -2.12. The minimum atomic E-state index is 0. The molecule has 0 bridgehead atoms. The lowest BCUT2D eigenvalue weighted by atomic mass is 10.1. The Balaban J connectivity index is 0.00000220. The van der Waals surface area contributed by atoms with Crippen LogP contribution in [0.4, 0.5) is 0 Å². The minimum Gasteiger partial charge on any atom is -0.460 e. The molecule has 0 saturated heterocycles. The molecule has 1 unspecified atom stereocenters. The summed E-state index contributed by atoms with van der Waals surface area (Å²) in [6.07, 6.45) is 0.899. The van der Waals surface area contributed by atoms with Gasteiger partial charge in [0.2, 0.25) is 0 Å². The highest BCUT2D eigenvalue weighted by Gasteiger charge is 2.08. The van der Waals surface area contributed by atoms with Crippen molar-refractivity contribution in [2.24, 2.45) is 0 Å². The lowest BCUT2D eigenvalue weighted by Crippen LogP contribution is -2.30. The smallest absolute Gasteiger partial charge is 0.134 e. The summed E-state index contributed by atoms with van der Waals surface area (Å²) in [5.74, 6) is 1.75. The van der Waals surface area contributed by atoms with Crippen molar-refractivity contribution in [1.82, 2.24) is 5.32 Å². The Morgan fingerprint density at radius 2 is 2.05 bits per heavy atom. The van der Waals surface area contributed by atoms with Gasteiger partial charge in [0.15, 0.2) is 0 Å². The summed E-state index contributed by atoms with van der Waals surface area (Å²) in [7, 11) is 0. The molecule has 0 aliphatic carbocycles. The third kappa shape index (κ3) is 4.85. The Morgan fingerprint density at radius 1 is 1.29 bits per heavy atom. The van der Waals surface area contributed by atoms with Crippen molar-refractivity contribution in [3.05, 3.63) is 46.1 Å². The van der Waals surface area contributed by atoms with E-state index in [0.29, 0.717) is 6.54 Å². The first-order valence-electron chi connectivity index (χ1n) is 6.83. The number of hydrogen-bond acceptors (Lipinski definition) is 3. The molecule has 0 saturated carbocycles. The molecule has 0 spiro atoms. The average Bonchev–Trinajstić information content (AvgIpc) is 2.92. The van der Waals surface area contributed by atoms with E-state index in [4.69, 9.17) is 9.52 Å². The molecular weight excluding hydrogens is 354 g/mol. The molecule has 1 heterocycles. The number of furan rings is 1. The van der Waals surface area contributed by atoms with Crippen molar-refractivity contribution in [3.8, 4) is 11.3 Å². The number of benzene rings is 1. The summed E-state index contributed by atoms with van der Waals surface area (Å²) < 4.78 is 6.94. The van der Waals surface area contributed by atoms with Crippen molar-refractivity contribution < 1.29 is 9.52 Å². The molecule has 1 aromatic heterocycles. The Morgan fingerprint density at radius 3 is 2.67 bits per heavy atom. The van der Waals surface area contributed by atoms with Crippen LogP contribution in [-0.4, -0.2) is 17.8 Å². The molecule has 3 nitrogen and oxygen atoms in total. The zero-order valence-corrected chi connectivity index (χ0v) is 14.6. The van der Waals surface area contributed by atoms with Crippen LogP contribution in [0, 0.1) is 6.92 Å². The van der Waals surface area contributed by atoms with Gasteiger partial charge in [0.25, 0.3) is 0 Å². The first-order valence-corrected chi connectivity index (χ1v) is 7.62. The van der Waals surface area contributed by atoms with Gasteiger partial charge in [0.05, 0.1) is 13.2 Å². The molecule has 0 aliphatic rings. The van der Waals surface area contributed by atoms with Gasteiger partial charge in [-0.25, -0.2) is 0 Å². The van der Waals surface area contributed by atoms with Crippen molar-refractivity contribution in [1.29, 1.82) is 0 Å². The van der Waals surface area contributed by atoms with Gasteiger partial charge in [0.1, 0.15) is 11.5 Å². The Bertz CT molecular complexity index is 567. The number of aliphatic hydroxyl groups is 1. The van der Waals surface area contributed by atoms with Gasteiger partial charge < -0.3 is 14.8 Å². The third-order valence-electron chi connectivity index (χ3n) is 3.38. The van der Waals surface area contributed by atoms with Crippen LogP contribution >= 0.6 is 28.3 Å².